The standard InChI is InChI=1S/C16H34/c1-6-7-8-9-10-11-12-15(4)16(5)13-14(2)3/h14-16H,6-13H2,1-5H3. The third-order valence-electron chi connectivity index (χ3n) is 3.83. The Balaban J connectivity index is 3.38. The van der Waals surface area contributed by atoms with Crippen LogP contribution in [0, 0.1) is 17.8 Å². The molecule has 0 aromatic rings. The Morgan fingerprint density at radius 1 is 0.688 bits per heavy atom. The van der Waals surface area contributed by atoms with Gasteiger partial charge in [-0.1, -0.05) is 79.6 Å². The van der Waals surface area contributed by atoms with Gasteiger partial charge < -0.3 is 0 Å². The average Bonchev–Trinajstić information content (AvgIpc) is 2.21. The van der Waals surface area contributed by atoms with E-state index < -0.39 is 0 Å². The molecule has 0 N–H and O–H groups in total. The van der Waals surface area contributed by atoms with E-state index in [9.17, 15) is 0 Å². The van der Waals surface area contributed by atoms with Gasteiger partial charge in [0.1, 0.15) is 0 Å². The molecule has 0 saturated heterocycles. The molecule has 0 aromatic carbocycles. The van der Waals surface area contributed by atoms with Gasteiger partial charge in [0.15, 0.2) is 0 Å². The molecular formula is C16H34. The Kier molecular flexibility index (Phi) is 10.2. The molecule has 0 bridgehead atoms. The highest BCUT2D eigenvalue weighted by atomic mass is 14.2. The van der Waals surface area contributed by atoms with Gasteiger partial charge in [0.05, 0.1) is 0 Å². The van der Waals surface area contributed by atoms with Crippen LogP contribution < -0.4 is 0 Å². The first kappa shape index (κ1) is 16.0. The third-order valence-corrected chi connectivity index (χ3v) is 3.83. The van der Waals surface area contributed by atoms with Gasteiger partial charge in [-0.2, -0.15) is 0 Å². The van der Waals surface area contributed by atoms with Crippen molar-refractivity contribution >= 4 is 0 Å². The Morgan fingerprint density at radius 2 is 1.25 bits per heavy atom. The molecule has 2 atom stereocenters. The zero-order chi connectivity index (χ0) is 12.4. The second-order valence-electron chi connectivity index (χ2n) is 6.14. The van der Waals surface area contributed by atoms with Crippen molar-refractivity contribution < 1.29 is 0 Å². The van der Waals surface area contributed by atoms with E-state index in [4.69, 9.17) is 0 Å². The molecule has 0 rings (SSSR count). The predicted octanol–water partition coefficient (Wildman–Crippen LogP) is 6.06. The summed E-state index contributed by atoms with van der Waals surface area (Å²) in [7, 11) is 0. The van der Waals surface area contributed by atoms with Crippen molar-refractivity contribution in [3.8, 4) is 0 Å². The minimum absolute atomic E-state index is 0.863. The summed E-state index contributed by atoms with van der Waals surface area (Å²) in [5, 5.41) is 0. The maximum atomic E-state index is 2.44. The van der Waals surface area contributed by atoms with Crippen LogP contribution >= 0.6 is 0 Å². The molecule has 0 aliphatic heterocycles. The quantitative estimate of drug-likeness (QED) is 0.397. The second kappa shape index (κ2) is 10.2. The number of rotatable bonds is 10. The van der Waals surface area contributed by atoms with E-state index in [0.717, 1.165) is 17.8 Å². The predicted molar refractivity (Wildman–Crippen MR) is 75.8 cm³/mol. The molecule has 0 radical (unpaired) electrons. The van der Waals surface area contributed by atoms with Crippen LogP contribution in [0.15, 0.2) is 0 Å². The molecule has 0 nitrogen and oxygen atoms in total. The van der Waals surface area contributed by atoms with Gasteiger partial charge in [-0.3, -0.25) is 0 Å². The van der Waals surface area contributed by atoms with E-state index >= 15 is 0 Å². The molecule has 0 heteroatoms. The van der Waals surface area contributed by atoms with Crippen molar-refractivity contribution in [2.45, 2.75) is 86.0 Å². The highest BCUT2D eigenvalue weighted by Crippen LogP contribution is 2.24. The van der Waals surface area contributed by atoms with Gasteiger partial charge in [-0.05, 0) is 24.2 Å². The molecule has 0 saturated carbocycles. The summed E-state index contributed by atoms with van der Waals surface area (Å²) in [5.41, 5.74) is 0. The highest BCUT2D eigenvalue weighted by molar-refractivity contribution is 4.64. The second-order valence-corrected chi connectivity index (χ2v) is 6.14. The fourth-order valence-corrected chi connectivity index (χ4v) is 2.51. The molecule has 0 spiro atoms. The highest BCUT2D eigenvalue weighted by Gasteiger charge is 2.12. The summed E-state index contributed by atoms with van der Waals surface area (Å²) < 4.78 is 0. The van der Waals surface area contributed by atoms with E-state index in [1.807, 2.05) is 0 Å². The smallest absolute Gasteiger partial charge is 0.0415 e. The van der Waals surface area contributed by atoms with E-state index in [0.29, 0.717) is 0 Å². The van der Waals surface area contributed by atoms with Gasteiger partial charge in [0, 0.05) is 0 Å². The lowest BCUT2D eigenvalue weighted by Crippen LogP contribution is -2.10. The Labute approximate surface area is 104 Å². The van der Waals surface area contributed by atoms with E-state index in [1.54, 1.807) is 0 Å². The van der Waals surface area contributed by atoms with E-state index in [1.165, 1.54) is 51.4 Å². The molecule has 98 valence electrons. The minimum Gasteiger partial charge on any atom is -0.0654 e. The van der Waals surface area contributed by atoms with Crippen molar-refractivity contribution in [2.24, 2.45) is 17.8 Å². The molecule has 0 aliphatic carbocycles. The van der Waals surface area contributed by atoms with Crippen molar-refractivity contribution in [1.29, 1.82) is 0 Å². The van der Waals surface area contributed by atoms with Crippen LogP contribution in [0.4, 0.5) is 0 Å². The average molecular weight is 226 g/mol. The third kappa shape index (κ3) is 9.24. The van der Waals surface area contributed by atoms with Crippen molar-refractivity contribution in [3.63, 3.8) is 0 Å². The van der Waals surface area contributed by atoms with E-state index in [-0.39, 0.29) is 0 Å². The molecule has 16 heavy (non-hydrogen) atoms. The summed E-state index contributed by atoms with van der Waals surface area (Å²) in [6.45, 7) is 11.8. The summed E-state index contributed by atoms with van der Waals surface area (Å²) in [6, 6.07) is 0. The molecule has 0 amide bonds. The van der Waals surface area contributed by atoms with Crippen LogP contribution in [-0.4, -0.2) is 0 Å². The lowest BCUT2D eigenvalue weighted by Gasteiger charge is -2.21. The maximum Gasteiger partial charge on any atom is -0.0415 e. The lowest BCUT2D eigenvalue weighted by atomic mass is 9.85. The number of unbranched alkanes of at least 4 members (excludes halogenated alkanes) is 5. The lowest BCUT2D eigenvalue weighted by molar-refractivity contribution is 0.300. The Morgan fingerprint density at radius 3 is 1.81 bits per heavy atom. The number of hydrogen-bond acceptors (Lipinski definition) is 0. The molecular weight excluding hydrogens is 192 g/mol. The van der Waals surface area contributed by atoms with Gasteiger partial charge in [-0.15, -0.1) is 0 Å². The van der Waals surface area contributed by atoms with Crippen LogP contribution in [0.3, 0.4) is 0 Å². The summed E-state index contributed by atoms with van der Waals surface area (Å²) >= 11 is 0. The molecule has 0 heterocycles. The molecule has 2 unspecified atom stereocenters. The van der Waals surface area contributed by atoms with Crippen LogP contribution in [0.2, 0.25) is 0 Å². The summed E-state index contributed by atoms with van der Waals surface area (Å²) in [4.78, 5) is 0. The topological polar surface area (TPSA) is 0 Å². The molecule has 0 aromatic heterocycles. The molecule has 0 aliphatic rings. The fourth-order valence-electron chi connectivity index (χ4n) is 2.51. The Bertz CT molecular complexity index is 137. The van der Waals surface area contributed by atoms with Crippen LogP contribution in [0.25, 0.3) is 0 Å². The normalized spacial score (nSPS) is 15.4. The Hall–Kier alpha value is 0. The monoisotopic (exact) mass is 226 g/mol. The summed E-state index contributed by atoms with van der Waals surface area (Å²) in [6.07, 6.45) is 11.5. The van der Waals surface area contributed by atoms with Crippen LogP contribution in [0.1, 0.15) is 86.0 Å². The van der Waals surface area contributed by atoms with Gasteiger partial charge in [-0.25, -0.2) is 0 Å². The zero-order valence-corrected chi connectivity index (χ0v) is 12.4. The van der Waals surface area contributed by atoms with Crippen LogP contribution in [-0.2, 0) is 0 Å². The first-order valence-corrected chi connectivity index (χ1v) is 7.57. The SMILES string of the molecule is CCCCCCCCC(C)C(C)CC(C)C. The minimum atomic E-state index is 0.863. The van der Waals surface area contributed by atoms with Gasteiger partial charge in [0.25, 0.3) is 0 Å². The maximum absolute atomic E-state index is 2.44. The van der Waals surface area contributed by atoms with Gasteiger partial charge >= 0.3 is 0 Å². The van der Waals surface area contributed by atoms with Gasteiger partial charge in [0.2, 0.25) is 0 Å². The van der Waals surface area contributed by atoms with Crippen molar-refractivity contribution in [2.75, 3.05) is 0 Å². The largest absolute Gasteiger partial charge is 0.0654 e. The first-order chi connectivity index (χ1) is 7.57. The zero-order valence-electron chi connectivity index (χ0n) is 12.4. The van der Waals surface area contributed by atoms with Crippen molar-refractivity contribution in [1.82, 2.24) is 0 Å². The fraction of sp³-hybridized carbons (Fsp3) is 1.00. The van der Waals surface area contributed by atoms with Crippen molar-refractivity contribution in [3.05, 3.63) is 0 Å². The number of hydrogen-bond donors (Lipinski definition) is 0. The summed E-state index contributed by atoms with van der Waals surface area (Å²) in [5.74, 6) is 2.70. The first-order valence-electron chi connectivity index (χ1n) is 7.57. The molecule has 0 fully saturated rings. The van der Waals surface area contributed by atoms with Crippen LogP contribution in [0.5, 0.6) is 0 Å². The van der Waals surface area contributed by atoms with E-state index in [2.05, 4.69) is 34.6 Å².